The van der Waals surface area contributed by atoms with E-state index in [1.807, 2.05) is 27.1 Å². The highest BCUT2D eigenvalue weighted by Gasteiger charge is 2.27. The van der Waals surface area contributed by atoms with E-state index in [4.69, 9.17) is 9.47 Å². The van der Waals surface area contributed by atoms with Crippen LogP contribution in [0, 0.1) is 11.6 Å². The van der Waals surface area contributed by atoms with Crippen molar-refractivity contribution >= 4 is 22.7 Å². The number of hydrogen-bond acceptors (Lipinski definition) is 8. The largest absolute Gasteiger partial charge is 0.493 e. The highest BCUT2D eigenvalue weighted by Crippen LogP contribution is 2.39. The maximum absolute atomic E-state index is 15.4. The molecule has 11 heteroatoms. The molecular formula is C24H27F2N7O2. The molecule has 0 saturated carbocycles. The van der Waals surface area contributed by atoms with Crippen LogP contribution in [0.2, 0.25) is 0 Å². The molecule has 0 amide bonds. The predicted octanol–water partition coefficient (Wildman–Crippen LogP) is 3.86. The van der Waals surface area contributed by atoms with Gasteiger partial charge in [-0.05, 0) is 12.1 Å². The van der Waals surface area contributed by atoms with E-state index < -0.39 is 11.6 Å². The number of hydrogen-bond donors (Lipinski definition) is 1. The minimum Gasteiger partial charge on any atom is -0.493 e. The van der Waals surface area contributed by atoms with Gasteiger partial charge in [-0.3, -0.25) is 9.67 Å². The van der Waals surface area contributed by atoms with Crippen molar-refractivity contribution in [3.8, 4) is 22.8 Å². The van der Waals surface area contributed by atoms with Crippen molar-refractivity contribution in [3.05, 3.63) is 48.4 Å². The number of halogens is 2. The Kier molecular flexibility index (Phi) is 7.06. The second kappa shape index (κ2) is 10.2. The number of rotatable bonds is 9. The highest BCUT2D eigenvalue weighted by atomic mass is 19.1. The molecule has 0 bridgehead atoms. The first kappa shape index (κ1) is 24.3. The van der Waals surface area contributed by atoms with Crippen LogP contribution in [-0.2, 0) is 7.05 Å². The molecular weight excluding hydrogens is 456 g/mol. The average Bonchev–Trinajstić information content (AvgIpc) is 3.28. The van der Waals surface area contributed by atoms with Gasteiger partial charge < -0.3 is 19.7 Å². The van der Waals surface area contributed by atoms with Crippen molar-refractivity contribution in [1.82, 2.24) is 30.0 Å². The molecule has 35 heavy (non-hydrogen) atoms. The second-order valence-corrected chi connectivity index (χ2v) is 8.19. The van der Waals surface area contributed by atoms with E-state index >= 15 is 8.78 Å². The Bertz CT molecular complexity index is 1310. The predicted molar refractivity (Wildman–Crippen MR) is 129 cm³/mol. The van der Waals surface area contributed by atoms with E-state index in [1.165, 1.54) is 25.2 Å². The van der Waals surface area contributed by atoms with Crippen LogP contribution in [0.25, 0.3) is 22.4 Å². The van der Waals surface area contributed by atoms with Gasteiger partial charge in [0.05, 0.1) is 32.3 Å². The molecule has 3 aromatic heterocycles. The molecule has 0 atom stereocenters. The molecule has 0 radical (unpaired) electrons. The molecule has 0 aliphatic rings. The Morgan fingerprint density at radius 1 is 1.06 bits per heavy atom. The summed E-state index contributed by atoms with van der Waals surface area (Å²) in [5.41, 5.74) is 1.92. The molecule has 3 heterocycles. The Labute approximate surface area is 201 Å². The molecule has 4 rings (SSSR count). The number of anilines is 2. The number of aromatic nitrogens is 5. The zero-order valence-corrected chi connectivity index (χ0v) is 20.2. The van der Waals surface area contributed by atoms with E-state index in [-0.39, 0.29) is 29.8 Å². The van der Waals surface area contributed by atoms with E-state index in [2.05, 4.69) is 25.4 Å². The number of nitrogens with zero attached hydrogens (tertiary/aromatic N) is 6. The van der Waals surface area contributed by atoms with Crippen molar-refractivity contribution < 1.29 is 18.3 Å². The van der Waals surface area contributed by atoms with Crippen LogP contribution in [0.4, 0.5) is 20.3 Å². The van der Waals surface area contributed by atoms with E-state index in [9.17, 15) is 0 Å². The monoisotopic (exact) mass is 483 g/mol. The summed E-state index contributed by atoms with van der Waals surface area (Å²) in [4.78, 5) is 15.1. The SMILES string of the molecule is COc1cc(OC)c(F)c(N(CCNC(C)C)c2ccc3ncc(-c4cnn(C)c4)nc3n2)c1F. The Hall–Kier alpha value is -3.86. The Morgan fingerprint density at radius 3 is 2.37 bits per heavy atom. The molecule has 184 valence electrons. The van der Waals surface area contributed by atoms with Gasteiger partial charge in [-0.15, -0.1) is 0 Å². The Balaban J connectivity index is 1.84. The molecule has 0 unspecified atom stereocenters. The number of fused-ring (bicyclic) bond motifs is 1. The summed E-state index contributed by atoms with van der Waals surface area (Å²) in [5, 5.41) is 7.43. The lowest BCUT2D eigenvalue weighted by molar-refractivity contribution is 0.358. The summed E-state index contributed by atoms with van der Waals surface area (Å²) in [6.07, 6.45) is 5.13. The first-order valence-corrected chi connectivity index (χ1v) is 11.1. The minimum absolute atomic E-state index is 0.139. The van der Waals surface area contributed by atoms with Crippen LogP contribution in [0.1, 0.15) is 13.8 Å². The van der Waals surface area contributed by atoms with Gasteiger partial charge in [0.15, 0.2) is 28.8 Å². The van der Waals surface area contributed by atoms with Crippen molar-refractivity contribution in [2.75, 3.05) is 32.2 Å². The zero-order chi connectivity index (χ0) is 25.1. The van der Waals surface area contributed by atoms with Gasteiger partial charge in [0, 0.05) is 44.0 Å². The summed E-state index contributed by atoms with van der Waals surface area (Å²) in [7, 11) is 4.44. The normalized spacial score (nSPS) is 11.3. The fraction of sp³-hybridized carbons (Fsp3) is 0.333. The molecule has 1 aromatic carbocycles. The van der Waals surface area contributed by atoms with Gasteiger partial charge in [-0.1, -0.05) is 13.8 Å². The quantitative estimate of drug-likeness (QED) is 0.384. The van der Waals surface area contributed by atoms with Crippen molar-refractivity contribution in [3.63, 3.8) is 0 Å². The third kappa shape index (κ3) is 4.99. The van der Waals surface area contributed by atoms with Crippen LogP contribution >= 0.6 is 0 Å². The number of nitrogens with one attached hydrogen (secondary N) is 1. The van der Waals surface area contributed by atoms with E-state index in [0.29, 0.717) is 29.2 Å². The number of pyridine rings is 1. The summed E-state index contributed by atoms with van der Waals surface area (Å²) in [6, 6.07) is 4.73. The summed E-state index contributed by atoms with van der Waals surface area (Å²) < 4.78 is 42.8. The van der Waals surface area contributed by atoms with Crippen LogP contribution in [-0.4, -0.2) is 58.1 Å². The van der Waals surface area contributed by atoms with Crippen LogP contribution in [0.5, 0.6) is 11.5 Å². The lowest BCUT2D eigenvalue weighted by atomic mass is 10.2. The van der Waals surface area contributed by atoms with Crippen LogP contribution in [0.3, 0.4) is 0 Å². The van der Waals surface area contributed by atoms with Gasteiger partial charge in [0.2, 0.25) is 0 Å². The fourth-order valence-corrected chi connectivity index (χ4v) is 3.65. The molecule has 9 nitrogen and oxygen atoms in total. The number of ether oxygens (including phenoxy) is 2. The standard InChI is InChI=1S/C24H27F2N7O2/c1-14(2)27-8-9-33(23-21(25)18(34-4)10-19(35-5)22(23)26)20-7-6-16-24(31-20)30-17(12-28-16)15-11-29-32(3)13-15/h6-7,10-14,27H,8-9H2,1-5H3. The molecule has 0 spiro atoms. The first-order chi connectivity index (χ1) is 16.8. The van der Waals surface area contributed by atoms with Gasteiger partial charge >= 0.3 is 0 Å². The van der Waals surface area contributed by atoms with Gasteiger partial charge in [0.25, 0.3) is 0 Å². The summed E-state index contributed by atoms with van der Waals surface area (Å²) >= 11 is 0. The van der Waals surface area contributed by atoms with Crippen molar-refractivity contribution in [1.29, 1.82) is 0 Å². The van der Waals surface area contributed by atoms with Crippen molar-refractivity contribution in [2.24, 2.45) is 7.05 Å². The molecule has 1 N–H and O–H groups in total. The number of benzene rings is 1. The average molecular weight is 484 g/mol. The van der Waals surface area contributed by atoms with E-state index in [0.717, 1.165) is 5.56 Å². The Morgan fingerprint density at radius 2 is 1.77 bits per heavy atom. The summed E-state index contributed by atoms with van der Waals surface area (Å²) in [6.45, 7) is 4.64. The summed E-state index contributed by atoms with van der Waals surface area (Å²) in [5.74, 6) is -1.69. The first-order valence-electron chi connectivity index (χ1n) is 11.1. The molecule has 0 aliphatic heterocycles. The van der Waals surface area contributed by atoms with Gasteiger partial charge in [-0.25, -0.2) is 18.7 Å². The topological polar surface area (TPSA) is 90.2 Å². The van der Waals surface area contributed by atoms with Crippen LogP contribution < -0.4 is 19.7 Å². The fourth-order valence-electron chi connectivity index (χ4n) is 3.65. The molecule has 0 fully saturated rings. The highest BCUT2D eigenvalue weighted by molar-refractivity contribution is 5.77. The van der Waals surface area contributed by atoms with E-state index in [1.54, 1.807) is 29.2 Å². The smallest absolute Gasteiger partial charge is 0.191 e. The van der Waals surface area contributed by atoms with Crippen LogP contribution in [0.15, 0.2) is 36.8 Å². The molecule has 4 aromatic rings. The maximum Gasteiger partial charge on any atom is 0.191 e. The second-order valence-electron chi connectivity index (χ2n) is 8.19. The van der Waals surface area contributed by atoms with Gasteiger partial charge in [0.1, 0.15) is 17.0 Å². The lowest BCUT2D eigenvalue weighted by Crippen LogP contribution is -2.34. The third-order valence-electron chi connectivity index (χ3n) is 5.38. The zero-order valence-electron chi connectivity index (χ0n) is 20.2. The minimum atomic E-state index is -0.854. The van der Waals surface area contributed by atoms with Gasteiger partial charge in [-0.2, -0.15) is 5.10 Å². The maximum atomic E-state index is 15.4. The third-order valence-corrected chi connectivity index (χ3v) is 5.38. The number of methoxy groups -OCH3 is 2. The molecule has 0 aliphatic carbocycles. The number of aryl methyl sites for hydroxylation is 1. The lowest BCUT2D eigenvalue weighted by Gasteiger charge is -2.27. The molecule has 0 saturated heterocycles. The van der Waals surface area contributed by atoms with Crippen molar-refractivity contribution in [2.45, 2.75) is 19.9 Å².